The maximum Gasteiger partial charge on any atom is 0.331 e. The molecule has 1 rings (SSSR count). The Kier molecular flexibility index (Phi) is 8.40. The van der Waals surface area contributed by atoms with E-state index in [1.165, 1.54) is 42.1 Å². The van der Waals surface area contributed by atoms with Crippen molar-refractivity contribution < 1.29 is 9.53 Å². The van der Waals surface area contributed by atoms with Crippen molar-refractivity contribution in [2.45, 2.75) is 53.9 Å². The summed E-state index contributed by atoms with van der Waals surface area (Å²) in [5, 5.41) is 0. The van der Waals surface area contributed by atoms with Crippen LogP contribution < -0.4 is 0 Å². The molecule has 0 radical (unpaired) electrons. The SMILES string of the molecule is C=CCOC(=O)/C=C(C)/C=C/C=C(C)/C=C/C1=C(C)CCCC1(C)C. The van der Waals surface area contributed by atoms with Crippen LogP contribution in [0.5, 0.6) is 0 Å². The topological polar surface area (TPSA) is 26.3 Å². The van der Waals surface area contributed by atoms with Crippen molar-refractivity contribution in [3.8, 4) is 0 Å². The highest BCUT2D eigenvalue weighted by molar-refractivity contribution is 5.83. The second-order valence-electron chi connectivity index (χ2n) is 7.34. The molecule has 0 aromatic rings. The zero-order chi connectivity index (χ0) is 18.9. The maximum absolute atomic E-state index is 11.5. The van der Waals surface area contributed by atoms with Crippen LogP contribution in [-0.4, -0.2) is 12.6 Å². The summed E-state index contributed by atoms with van der Waals surface area (Å²) in [4.78, 5) is 11.5. The van der Waals surface area contributed by atoms with Gasteiger partial charge in [0.15, 0.2) is 0 Å². The normalized spacial score (nSPS) is 18.9. The first-order valence-electron chi connectivity index (χ1n) is 8.95. The van der Waals surface area contributed by atoms with Gasteiger partial charge in [0, 0.05) is 6.08 Å². The van der Waals surface area contributed by atoms with Crippen molar-refractivity contribution in [2.24, 2.45) is 5.41 Å². The molecule has 0 saturated carbocycles. The van der Waals surface area contributed by atoms with Crippen LogP contribution in [0.25, 0.3) is 0 Å². The molecule has 1 aliphatic rings. The Morgan fingerprint density at radius 1 is 1.24 bits per heavy atom. The summed E-state index contributed by atoms with van der Waals surface area (Å²) in [5.74, 6) is -0.343. The molecule has 0 heterocycles. The van der Waals surface area contributed by atoms with E-state index in [9.17, 15) is 4.79 Å². The largest absolute Gasteiger partial charge is 0.458 e. The number of hydrogen-bond donors (Lipinski definition) is 0. The molecule has 0 atom stereocenters. The minimum Gasteiger partial charge on any atom is -0.458 e. The highest BCUT2D eigenvalue weighted by Gasteiger charge is 2.26. The van der Waals surface area contributed by atoms with Crippen molar-refractivity contribution in [1.82, 2.24) is 0 Å². The van der Waals surface area contributed by atoms with E-state index in [1.807, 2.05) is 19.1 Å². The number of hydrogen-bond acceptors (Lipinski definition) is 2. The van der Waals surface area contributed by atoms with Gasteiger partial charge in [-0.1, -0.05) is 68.0 Å². The predicted octanol–water partition coefficient (Wildman–Crippen LogP) is 6.25. The first kappa shape index (κ1) is 21.0. The minimum atomic E-state index is -0.343. The number of allylic oxidation sites excluding steroid dienone is 9. The van der Waals surface area contributed by atoms with Gasteiger partial charge in [0.2, 0.25) is 0 Å². The third kappa shape index (κ3) is 7.55. The lowest BCUT2D eigenvalue weighted by atomic mass is 9.72. The van der Waals surface area contributed by atoms with E-state index in [0.717, 1.165) is 5.57 Å². The molecule has 0 saturated heterocycles. The Morgan fingerprint density at radius 2 is 1.96 bits per heavy atom. The quantitative estimate of drug-likeness (QED) is 0.237. The van der Waals surface area contributed by atoms with E-state index in [0.29, 0.717) is 0 Å². The molecule has 0 aromatic heterocycles. The van der Waals surface area contributed by atoms with Crippen LogP contribution in [0.15, 0.2) is 71.4 Å². The Balaban J connectivity index is 2.71. The van der Waals surface area contributed by atoms with Crippen molar-refractivity contribution in [3.05, 3.63) is 71.4 Å². The van der Waals surface area contributed by atoms with Crippen molar-refractivity contribution in [3.63, 3.8) is 0 Å². The van der Waals surface area contributed by atoms with Crippen LogP contribution in [0.3, 0.4) is 0 Å². The van der Waals surface area contributed by atoms with E-state index in [1.54, 1.807) is 6.08 Å². The second kappa shape index (κ2) is 10.0. The van der Waals surface area contributed by atoms with Crippen LogP contribution in [0, 0.1) is 5.41 Å². The lowest BCUT2D eigenvalue weighted by molar-refractivity contribution is -0.136. The van der Waals surface area contributed by atoms with Gasteiger partial charge in [-0.05, 0) is 56.6 Å². The molecular formula is C23H32O2. The summed E-state index contributed by atoms with van der Waals surface area (Å²) < 4.78 is 4.93. The van der Waals surface area contributed by atoms with Gasteiger partial charge in [-0.25, -0.2) is 4.79 Å². The highest BCUT2D eigenvalue weighted by atomic mass is 16.5. The van der Waals surface area contributed by atoms with Gasteiger partial charge in [-0.3, -0.25) is 0 Å². The van der Waals surface area contributed by atoms with Gasteiger partial charge < -0.3 is 4.74 Å². The number of ether oxygens (including phenoxy) is 1. The summed E-state index contributed by atoms with van der Waals surface area (Å²) >= 11 is 0. The van der Waals surface area contributed by atoms with Crippen LogP contribution in [-0.2, 0) is 9.53 Å². The molecule has 0 N–H and O–H groups in total. The summed E-state index contributed by atoms with van der Waals surface area (Å²) in [6, 6.07) is 0. The first-order valence-corrected chi connectivity index (χ1v) is 8.95. The van der Waals surface area contributed by atoms with Crippen LogP contribution in [0.2, 0.25) is 0 Å². The molecule has 25 heavy (non-hydrogen) atoms. The standard InChI is InChI=1S/C23H32O2/c1-7-16-25-22(24)17-19(3)11-8-10-18(2)13-14-21-20(4)12-9-15-23(21,5)6/h7-8,10-11,13-14,17H,1,9,12,15-16H2,2-6H3/b11-8+,14-13+,18-10+,19-17+. The summed E-state index contributed by atoms with van der Waals surface area (Å²) in [5.41, 5.74) is 5.28. The smallest absolute Gasteiger partial charge is 0.331 e. The van der Waals surface area contributed by atoms with E-state index in [2.05, 4.69) is 52.5 Å². The first-order chi connectivity index (χ1) is 11.8. The summed E-state index contributed by atoms with van der Waals surface area (Å²) in [6.07, 6.45) is 17.1. The fourth-order valence-corrected chi connectivity index (χ4v) is 3.05. The Labute approximate surface area is 153 Å². The molecule has 2 nitrogen and oxygen atoms in total. The van der Waals surface area contributed by atoms with E-state index < -0.39 is 0 Å². The molecule has 1 aliphatic carbocycles. The number of carbonyl (C=O) groups is 1. The third-order valence-corrected chi connectivity index (χ3v) is 4.46. The Hall–Kier alpha value is -2.09. The molecule has 0 aromatic carbocycles. The number of rotatable bonds is 7. The lowest BCUT2D eigenvalue weighted by Crippen LogP contribution is -2.19. The van der Waals surface area contributed by atoms with Crippen molar-refractivity contribution in [1.29, 1.82) is 0 Å². The van der Waals surface area contributed by atoms with Gasteiger partial charge in [0.1, 0.15) is 6.61 Å². The van der Waals surface area contributed by atoms with Crippen molar-refractivity contribution >= 4 is 5.97 Å². The molecule has 0 aliphatic heterocycles. The Morgan fingerprint density at radius 3 is 2.60 bits per heavy atom. The fourth-order valence-electron chi connectivity index (χ4n) is 3.05. The summed E-state index contributed by atoms with van der Waals surface area (Å²) in [7, 11) is 0. The van der Waals surface area contributed by atoms with Crippen LogP contribution >= 0.6 is 0 Å². The van der Waals surface area contributed by atoms with E-state index in [4.69, 9.17) is 4.74 Å². The van der Waals surface area contributed by atoms with E-state index >= 15 is 0 Å². The highest BCUT2D eigenvalue weighted by Crippen LogP contribution is 2.40. The zero-order valence-electron chi connectivity index (χ0n) is 16.4. The van der Waals surface area contributed by atoms with Gasteiger partial charge in [0.25, 0.3) is 0 Å². The summed E-state index contributed by atoms with van der Waals surface area (Å²) in [6.45, 7) is 14.6. The van der Waals surface area contributed by atoms with Gasteiger partial charge >= 0.3 is 5.97 Å². The zero-order valence-corrected chi connectivity index (χ0v) is 16.4. The molecular weight excluding hydrogens is 308 g/mol. The molecule has 0 amide bonds. The third-order valence-electron chi connectivity index (χ3n) is 4.46. The fraction of sp³-hybridized carbons (Fsp3) is 0.435. The maximum atomic E-state index is 11.5. The number of esters is 1. The molecule has 0 spiro atoms. The molecule has 0 bridgehead atoms. The average Bonchev–Trinajstić information content (AvgIpc) is 2.51. The van der Waals surface area contributed by atoms with Crippen LogP contribution in [0.4, 0.5) is 0 Å². The average molecular weight is 341 g/mol. The predicted molar refractivity (Wildman–Crippen MR) is 107 cm³/mol. The monoisotopic (exact) mass is 340 g/mol. The van der Waals surface area contributed by atoms with Crippen molar-refractivity contribution in [2.75, 3.05) is 6.61 Å². The van der Waals surface area contributed by atoms with Gasteiger partial charge in [0.05, 0.1) is 0 Å². The number of carbonyl (C=O) groups excluding carboxylic acids is 1. The van der Waals surface area contributed by atoms with Crippen LogP contribution in [0.1, 0.15) is 53.9 Å². The lowest BCUT2D eigenvalue weighted by Gasteiger charge is -2.32. The van der Waals surface area contributed by atoms with E-state index in [-0.39, 0.29) is 18.0 Å². The molecule has 0 fully saturated rings. The second-order valence-corrected chi connectivity index (χ2v) is 7.34. The van der Waals surface area contributed by atoms with Gasteiger partial charge in [-0.15, -0.1) is 0 Å². The minimum absolute atomic E-state index is 0.238. The molecule has 136 valence electrons. The molecule has 2 heteroatoms. The molecule has 0 unspecified atom stereocenters. The Bertz CT molecular complexity index is 637. The van der Waals surface area contributed by atoms with Gasteiger partial charge in [-0.2, -0.15) is 0 Å².